The minimum Gasteiger partial charge on any atom is -0.489 e. The lowest BCUT2D eigenvalue weighted by atomic mass is 9.97. The molecule has 0 unspecified atom stereocenters. The molecule has 21 heavy (non-hydrogen) atoms. The van der Waals surface area contributed by atoms with Crippen LogP contribution >= 0.6 is 27.5 Å². The quantitative estimate of drug-likeness (QED) is 0.645. The zero-order valence-electron chi connectivity index (χ0n) is 11.6. The van der Waals surface area contributed by atoms with Crippen LogP contribution in [0.25, 0.3) is 11.1 Å². The molecule has 1 aliphatic rings. The van der Waals surface area contributed by atoms with Crippen molar-refractivity contribution in [1.29, 1.82) is 0 Å². The van der Waals surface area contributed by atoms with Gasteiger partial charge >= 0.3 is 0 Å². The van der Waals surface area contributed by atoms with Crippen molar-refractivity contribution in [2.24, 2.45) is 0 Å². The summed E-state index contributed by atoms with van der Waals surface area (Å²) in [6, 6.07) is 8.77. The highest BCUT2D eigenvalue weighted by Crippen LogP contribution is 2.41. The highest BCUT2D eigenvalue weighted by atomic mass is 79.9. The fourth-order valence-corrected chi connectivity index (χ4v) is 3.54. The van der Waals surface area contributed by atoms with Crippen LogP contribution in [0.2, 0.25) is 5.02 Å². The van der Waals surface area contributed by atoms with Gasteiger partial charge in [-0.2, -0.15) is 0 Å². The predicted octanol–water partition coefficient (Wildman–Crippen LogP) is 5.54. The number of hydrogen-bond acceptors (Lipinski definition) is 1. The smallest absolute Gasteiger partial charge is 0.131 e. The average molecular weight is 370 g/mol. The molecule has 0 aliphatic carbocycles. The van der Waals surface area contributed by atoms with E-state index in [-0.39, 0.29) is 11.9 Å². The van der Waals surface area contributed by atoms with Gasteiger partial charge in [0.15, 0.2) is 0 Å². The zero-order valence-corrected chi connectivity index (χ0v) is 14.0. The lowest BCUT2D eigenvalue weighted by Crippen LogP contribution is -2.13. The van der Waals surface area contributed by atoms with E-state index in [0.717, 1.165) is 46.2 Å². The number of rotatable bonds is 3. The van der Waals surface area contributed by atoms with E-state index in [2.05, 4.69) is 15.9 Å². The van der Waals surface area contributed by atoms with E-state index >= 15 is 0 Å². The van der Waals surface area contributed by atoms with E-state index < -0.39 is 0 Å². The molecule has 2 aromatic rings. The van der Waals surface area contributed by atoms with Crippen LogP contribution in [0, 0.1) is 12.7 Å². The first kappa shape index (κ1) is 14.9. The lowest BCUT2D eigenvalue weighted by Gasteiger charge is -2.13. The second-order valence-electron chi connectivity index (χ2n) is 5.32. The van der Waals surface area contributed by atoms with Gasteiger partial charge in [-0.25, -0.2) is 4.39 Å². The Morgan fingerprint density at radius 3 is 2.81 bits per heavy atom. The summed E-state index contributed by atoms with van der Waals surface area (Å²) >= 11 is 9.44. The average Bonchev–Trinajstić information content (AvgIpc) is 2.81. The Morgan fingerprint density at radius 2 is 2.10 bits per heavy atom. The van der Waals surface area contributed by atoms with Crippen molar-refractivity contribution >= 4 is 27.5 Å². The summed E-state index contributed by atoms with van der Waals surface area (Å²) in [7, 11) is 0. The van der Waals surface area contributed by atoms with Gasteiger partial charge in [0.2, 0.25) is 0 Å². The van der Waals surface area contributed by atoms with Crippen LogP contribution in [0.4, 0.5) is 4.39 Å². The zero-order chi connectivity index (χ0) is 15.0. The summed E-state index contributed by atoms with van der Waals surface area (Å²) in [5.41, 5.74) is 3.75. The van der Waals surface area contributed by atoms with Crippen LogP contribution in [0.15, 0.2) is 30.3 Å². The maximum absolute atomic E-state index is 13.9. The summed E-state index contributed by atoms with van der Waals surface area (Å²) in [4.78, 5) is 0. The molecule has 0 N–H and O–H groups in total. The monoisotopic (exact) mass is 368 g/mol. The van der Waals surface area contributed by atoms with Crippen molar-refractivity contribution in [1.82, 2.24) is 0 Å². The first-order valence-corrected chi connectivity index (χ1v) is 8.40. The molecule has 1 aliphatic heterocycles. The van der Waals surface area contributed by atoms with Gasteiger partial charge in [-0.15, -0.1) is 0 Å². The lowest BCUT2D eigenvalue weighted by molar-refractivity contribution is 0.231. The first-order chi connectivity index (χ1) is 10.1. The van der Waals surface area contributed by atoms with Gasteiger partial charge in [-0.1, -0.05) is 33.6 Å². The number of hydrogen-bond donors (Lipinski definition) is 0. The molecule has 1 nitrogen and oxygen atoms in total. The number of alkyl halides is 1. The number of halogens is 3. The van der Waals surface area contributed by atoms with Crippen molar-refractivity contribution in [3.8, 4) is 16.9 Å². The predicted molar refractivity (Wildman–Crippen MR) is 88.1 cm³/mol. The molecular weight excluding hydrogens is 355 g/mol. The molecule has 0 amide bonds. The SMILES string of the molecule is Cc1cc(Cl)ccc1-c1cc(F)cc2c1O[C@@H](CCBr)C2. The molecular formula is C17H15BrClFO. The van der Waals surface area contributed by atoms with Crippen molar-refractivity contribution in [3.63, 3.8) is 0 Å². The molecule has 0 spiro atoms. The highest BCUT2D eigenvalue weighted by Gasteiger charge is 2.26. The normalized spacial score (nSPS) is 16.7. The van der Waals surface area contributed by atoms with Crippen LogP contribution in [0.3, 0.4) is 0 Å². The van der Waals surface area contributed by atoms with Crippen molar-refractivity contribution in [3.05, 3.63) is 52.3 Å². The number of ether oxygens (including phenoxy) is 1. The summed E-state index contributed by atoms with van der Waals surface area (Å²) in [6.45, 7) is 1.98. The van der Waals surface area contributed by atoms with Crippen LogP contribution < -0.4 is 4.74 Å². The largest absolute Gasteiger partial charge is 0.489 e. The summed E-state index contributed by atoms with van der Waals surface area (Å²) in [5, 5.41) is 1.56. The Morgan fingerprint density at radius 1 is 1.29 bits per heavy atom. The standard InChI is InChI=1S/C17H15BrClFO/c1-10-6-12(19)2-3-15(10)16-9-13(20)7-11-8-14(4-5-18)21-17(11)16/h2-3,6-7,9,14H,4-5,8H2,1H3/t14-/m0/s1. The highest BCUT2D eigenvalue weighted by molar-refractivity contribution is 9.09. The third-order valence-corrected chi connectivity index (χ3v) is 4.47. The topological polar surface area (TPSA) is 9.23 Å². The summed E-state index contributed by atoms with van der Waals surface area (Å²) < 4.78 is 20.0. The van der Waals surface area contributed by atoms with Gasteiger partial charge in [0.1, 0.15) is 17.7 Å². The molecule has 0 radical (unpaired) electrons. The summed E-state index contributed by atoms with van der Waals surface area (Å²) in [6.07, 6.45) is 1.79. The maximum Gasteiger partial charge on any atom is 0.131 e. The van der Waals surface area contributed by atoms with E-state index in [0.29, 0.717) is 5.02 Å². The van der Waals surface area contributed by atoms with Gasteiger partial charge in [0.05, 0.1) is 0 Å². The third kappa shape index (κ3) is 2.95. The Bertz CT molecular complexity index is 687. The fourth-order valence-electron chi connectivity index (χ4n) is 2.81. The molecule has 0 bridgehead atoms. The van der Waals surface area contributed by atoms with Crippen LogP contribution in [0.1, 0.15) is 17.5 Å². The molecule has 2 aromatic carbocycles. The second-order valence-corrected chi connectivity index (χ2v) is 6.55. The Kier molecular flexibility index (Phi) is 4.23. The molecule has 4 heteroatoms. The molecule has 0 aromatic heterocycles. The third-order valence-electron chi connectivity index (χ3n) is 3.77. The van der Waals surface area contributed by atoms with Crippen LogP contribution in [-0.2, 0) is 6.42 Å². The Labute approximate surface area is 137 Å². The fraction of sp³-hybridized carbons (Fsp3) is 0.294. The molecule has 0 saturated carbocycles. The first-order valence-electron chi connectivity index (χ1n) is 6.90. The number of benzene rings is 2. The van der Waals surface area contributed by atoms with Crippen LogP contribution in [-0.4, -0.2) is 11.4 Å². The van der Waals surface area contributed by atoms with Crippen molar-refractivity contribution in [2.45, 2.75) is 25.9 Å². The van der Waals surface area contributed by atoms with E-state index in [1.807, 2.05) is 25.1 Å². The van der Waals surface area contributed by atoms with Gasteiger partial charge in [-0.05, 0) is 48.7 Å². The second kappa shape index (κ2) is 5.98. The van der Waals surface area contributed by atoms with Gasteiger partial charge in [0, 0.05) is 27.9 Å². The molecule has 1 atom stereocenters. The Hall–Kier alpha value is -1.06. The minimum absolute atomic E-state index is 0.118. The van der Waals surface area contributed by atoms with Crippen molar-refractivity contribution < 1.29 is 9.13 Å². The molecule has 0 fully saturated rings. The number of aryl methyl sites for hydroxylation is 1. The van der Waals surface area contributed by atoms with E-state index in [1.165, 1.54) is 0 Å². The van der Waals surface area contributed by atoms with Crippen molar-refractivity contribution in [2.75, 3.05) is 5.33 Å². The molecule has 1 heterocycles. The Balaban J connectivity index is 2.08. The molecule has 3 rings (SSSR count). The minimum atomic E-state index is -0.221. The van der Waals surface area contributed by atoms with E-state index in [1.54, 1.807) is 12.1 Å². The van der Waals surface area contributed by atoms with E-state index in [9.17, 15) is 4.39 Å². The maximum atomic E-state index is 13.9. The van der Waals surface area contributed by atoms with Gasteiger partial charge in [0.25, 0.3) is 0 Å². The van der Waals surface area contributed by atoms with E-state index in [4.69, 9.17) is 16.3 Å². The van der Waals surface area contributed by atoms with Gasteiger partial charge in [-0.3, -0.25) is 0 Å². The molecule has 110 valence electrons. The number of fused-ring (bicyclic) bond motifs is 1. The molecule has 0 saturated heterocycles. The van der Waals surface area contributed by atoms with Gasteiger partial charge < -0.3 is 4.74 Å². The van der Waals surface area contributed by atoms with Crippen LogP contribution in [0.5, 0.6) is 5.75 Å². The summed E-state index contributed by atoms with van der Waals surface area (Å²) in [5.74, 6) is 0.592.